The maximum atomic E-state index is 13.0. The highest BCUT2D eigenvalue weighted by Crippen LogP contribution is 2.30. The zero-order valence-corrected chi connectivity index (χ0v) is 17.5. The summed E-state index contributed by atoms with van der Waals surface area (Å²) >= 11 is 2.99. The van der Waals surface area contributed by atoms with Crippen molar-refractivity contribution in [2.24, 2.45) is 5.92 Å². The van der Waals surface area contributed by atoms with Gasteiger partial charge in [-0.1, -0.05) is 49.1 Å². The van der Waals surface area contributed by atoms with Crippen LogP contribution in [0.15, 0.2) is 28.6 Å². The Balaban J connectivity index is 1.50. The number of hydrogen-bond acceptors (Lipinski definition) is 6. The molecule has 1 N–H and O–H groups in total. The first-order valence-corrected chi connectivity index (χ1v) is 11.0. The van der Waals surface area contributed by atoms with E-state index >= 15 is 0 Å². The molecule has 0 radical (unpaired) electrons. The highest BCUT2D eigenvalue weighted by atomic mass is 32.2. The molecule has 6 nitrogen and oxygen atoms in total. The molecule has 1 fully saturated rings. The van der Waals surface area contributed by atoms with Crippen molar-refractivity contribution in [1.82, 2.24) is 15.1 Å². The van der Waals surface area contributed by atoms with E-state index in [1.165, 1.54) is 23.5 Å². The van der Waals surface area contributed by atoms with Gasteiger partial charge < -0.3 is 10.2 Å². The van der Waals surface area contributed by atoms with Crippen molar-refractivity contribution in [1.29, 1.82) is 0 Å². The Morgan fingerprint density at radius 1 is 1.39 bits per heavy atom. The average Bonchev–Trinajstić information content (AvgIpc) is 3.27. The van der Waals surface area contributed by atoms with Gasteiger partial charge in [0, 0.05) is 24.8 Å². The SMILES string of the molecule is CC[C@H](C)Sc1nnc(NC(=O)[C@@H]2CC(=O)N(CCc3ccc(F)cc3)C2)s1. The number of rotatable bonds is 8. The topological polar surface area (TPSA) is 75.2 Å². The fourth-order valence-corrected chi connectivity index (χ4v) is 4.85. The first kappa shape index (κ1) is 20.7. The number of amides is 2. The van der Waals surface area contributed by atoms with Crippen LogP contribution in [-0.2, 0) is 16.0 Å². The zero-order valence-electron chi connectivity index (χ0n) is 15.9. The van der Waals surface area contributed by atoms with Crippen molar-refractivity contribution < 1.29 is 14.0 Å². The van der Waals surface area contributed by atoms with Gasteiger partial charge in [0.25, 0.3) is 0 Å². The minimum atomic E-state index is -0.393. The predicted octanol–water partition coefficient (Wildman–Crippen LogP) is 3.60. The molecule has 150 valence electrons. The van der Waals surface area contributed by atoms with Crippen LogP contribution in [-0.4, -0.2) is 45.3 Å². The fourth-order valence-electron chi connectivity index (χ4n) is 2.85. The van der Waals surface area contributed by atoms with Gasteiger partial charge in [-0.3, -0.25) is 9.59 Å². The van der Waals surface area contributed by atoms with Gasteiger partial charge in [-0.25, -0.2) is 4.39 Å². The Morgan fingerprint density at radius 3 is 2.86 bits per heavy atom. The minimum absolute atomic E-state index is 0.0347. The molecule has 3 rings (SSSR count). The van der Waals surface area contributed by atoms with E-state index in [2.05, 4.69) is 29.4 Å². The van der Waals surface area contributed by atoms with Gasteiger partial charge in [-0.15, -0.1) is 10.2 Å². The third-order valence-electron chi connectivity index (χ3n) is 4.68. The normalized spacial score (nSPS) is 17.8. The lowest BCUT2D eigenvalue weighted by Crippen LogP contribution is -2.30. The maximum absolute atomic E-state index is 13.0. The predicted molar refractivity (Wildman–Crippen MR) is 109 cm³/mol. The van der Waals surface area contributed by atoms with Crippen LogP contribution in [0.1, 0.15) is 32.3 Å². The smallest absolute Gasteiger partial charge is 0.231 e. The summed E-state index contributed by atoms with van der Waals surface area (Å²) in [4.78, 5) is 26.4. The second kappa shape index (κ2) is 9.47. The van der Waals surface area contributed by atoms with Crippen LogP contribution in [0.4, 0.5) is 9.52 Å². The van der Waals surface area contributed by atoms with E-state index in [1.807, 2.05) is 0 Å². The molecule has 1 aromatic heterocycles. The number of thioether (sulfide) groups is 1. The van der Waals surface area contributed by atoms with E-state index in [4.69, 9.17) is 0 Å². The lowest BCUT2D eigenvalue weighted by atomic mass is 10.1. The molecular weight excluding hydrogens is 399 g/mol. The van der Waals surface area contributed by atoms with Crippen LogP contribution in [0.5, 0.6) is 0 Å². The number of aromatic nitrogens is 2. The first-order chi connectivity index (χ1) is 13.4. The minimum Gasteiger partial charge on any atom is -0.342 e. The highest BCUT2D eigenvalue weighted by molar-refractivity contribution is 8.01. The Morgan fingerprint density at radius 2 is 2.14 bits per heavy atom. The van der Waals surface area contributed by atoms with Gasteiger partial charge in [0.05, 0.1) is 5.92 Å². The Bertz CT molecular complexity index is 828. The molecule has 28 heavy (non-hydrogen) atoms. The van der Waals surface area contributed by atoms with Gasteiger partial charge in [-0.2, -0.15) is 0 Å². The number of anilines is 1. The van der Waals surface area contributed by atoms with E-state index < -0.39 is 5.92 Å². The summed E-state index contributed by atoms with van der Waals surface area (Å²) in [5.41, 5.74) is 0.960. The van der Waals surface area contributed by atoms with Crippen LogP contribution in [0.3, 0.4) is 0 Å². The molecule has 2 atom stereocenters. The van der Waals surface area contributed by atoms with E-state index in [9.17, 15) is 14.0 Å². The second-order valence-corrected chi connectivity index (χ2v) is 9.48. The number of nitrogens with zero attached hydrogens (tertiary/aromatic N) is 3. The number of likely N-dealkylation sites (tertiary alicyclic amines) is 1. The Labute approximate surface area is 171 Å². The monoisotopic (exact) mass is 422 g/mol. The highest BCUT2D eigenvalue weighted by Gasteiger charge is 2.34. The number of hydrogen-bond donors (Lipinski definition) is 1. The number of benzene rings is 1. The number of halogens is 1. The van der Waals surface area contributed by atoms with Crippen LogP contribution in [0.2, 0.25) is 0 Å². The molecule has 2 heterocycles. The van der Waals surface area contributed by atoms with Gasteiger partial charge in [0.2, 0.25) is 16.9 Å². The fraction of sp³-hybridized carbons (Fsp3) is 0.474. The van der Waals surface area contributed by atoms with Crippen molar-refractivity contribution in [2.75, 3.05) is 18.4 Å². The van der Waals surface area contributed by atoms with Crippen molar-refractivity contribution in [3.8, 4) is 0 Å². The van der Waals surface area contributed by atoms with Gasteiger partial charge in [0.15, 0.2) is 4.34 Å². The number of carbonyl (C=O) groups is 2. The van der Waals surface area contributed by atoms with Gasteiger partial charge >= 0.3 is 0 Å². The van der Waals surface area contributed by atoms with E-state index in [-0.39, 0.29) is 24.1 Å². The molecule has 0 spiro atoms. The van der Waals surface area contributed by atoms with E-state index in [1.54, 1.807) is 28.8 Å². The summed E-state index contributed by atoms with van der Waals surface area (Å²) in [7, 11) is 0. The van der Waals surface area contributed by atoms with Crippen molar-refractivity contribution in [3.05, 3.63) is 35.6 Å². The molecule has 1 aromatic carbocycles. The van der Waals surface area contributed by atoms with E-state index in [0.717, 1.165) is 16.3 Å². The molecule has 0 unspecified atom stereocenters. The van der Waals surface area contributed by atoms with Gasteiger partial charge in [-0.05, 0) is 30.5 Å². The summed E-state index contributed by atoms with van der Waals surface area (Å²) in [6, 6.07) is 6.25. The molecule has 0 aliphatic carbocycles. The van der Waals surface area contributed by atoms with E-state index in [0.29, 0.717) is 29.9 Å². The maximum Gasteiger partial charge on any atom is 0.231 e. The Hall–Kier alpha value is -2.00. The van der Waals surface area contributed by atoms with Crippen molar-refractivity contribution >= 4 is 40.0 Å². The second-order valence-electron chi connectivity index (χ2n) is 6.82. The van der Waals surface area contributed by atoms with Crippen LogP contribution in [0.25, 0.3) is 0 Å². The summed E-state index contributed by atoms with van der Waals surface area (Å²) in [6.45, 7) is 5.14. The average molecular weight is 423 g/mol. The van der Waals surface area contributed by atoms with Crippen molar-refractivity contribution in [2.45, 2.75) is 42.7 Å². The molecule has 1 saturated heterocycles. The largest absolute Gasteiger partial charge is 0.342 e. The lowest BCUT2D eigenvalue weighted by molar-refractivity contribution is -0.128. The standard InChI is InChI=1S/C19H23FN4O2S2/c1-3-12(2)27-19-23-22-18(28-19)21-17(26)14-10-16(25)24(11-14)9-8-13-4-6-15(20)7-5-13/h4-7,12,14H,3,8-11H2,1-2H3,(H,21,22,26)/t12-,14+/m0/s1. The molecule has 2 amide bonds. The van der Waals surface area contributed by atoms with Crippen LogP contribution < -0.4 is 5.32 Å². The number of nitrogens with one attached hydrogen (secondary N) is 1. The third kappa shape index (κ3) is 5.51. The first-order valence-electron chi connectivity index (χ1n) is 9.27. The molecule has 2 aromatic rings. The molecule has 1 aliphatic heterocycles. The molecular formula is C19H23FN4O2S2. The zero-order chi connectivity index (χ0) is 20.1. The summed E-state index contributed by atoms with van der Waals surface area (Å²) in [5.74, 6) is -0.906. The molecule has 1 aliphatic rings. The third-order valence-corrected chi connectivity index (χ3v) is 6.87. The summed E-state index contributed by atoms with van der Waals surface area (Å²) < 4.78 is 13.8. The molecule has 9 heteroatoms. The molecule has 0 bridgehead atoms. The van der Waals surface area contributed by atoms with Crippen LogP contribution >= 0.6 is 23.1 Å². The summed E-state index contributed by atoms with van der Waals surface area (Å²) in [5, 5.41) is 11.8. The Kier molecular flexibility index (Phi) is 7.01. The number of carbonyl (C=O) groups excluding carboxylic acids is 2. The van der Waals surface area contributed by atoms with Gasteiger partial charge in [0.1, 0.15) is 5.82 Å². The quantitative estimate of drug-likeness (QED) is 0.520. The summed E-state index contributed by atoms with van der Waals surface area (Å²) in [6.07, 6.45) is 1.86. The lowest BCUT2D eigenvalue weighted by Gasteiger charge is -2.16. The molecule has 0 saturated carbocycles. The van der Waals surface area contributed by atoms with Crippen LogP contribution in [0, 0.1) is 11.7 Å². The van der Waals surface area contributed by atoms with Crippen molar-refractivity contribution in [3.63, 3.8) is 0 Å².